The SMILES string of the molecule is CC(C)[C@H]1NC(=O)c2ccc(c([N+](=O)[O-])c2)SC[C@@H](NC(=O)CC23CC4CC(CC(C4)C2)C3)C(=O)NCCCC[C@H](C(N)=O)NC1=O. The second kappa shape index (κ2) is 14.6. The highest BCUT2D eigenvalue weighted by Crippen LogP contribution is 2.61. The van der Waals surface area contributed by atoms with Crippen LogP contribution >= 0.6 is 11.8 Å². The largest absolute Gasteiger partial charge is 0.368 e. The molecule has 0 aromatic heterocycles. The lowest BCUT2D eigenvalue weighted by Crippen LogP contribution is -2.54. The van der Waals surface area contributed by atoms with E-state index < -0.39 is 46.7 Å². The molecule has 2 heterocycles. The molecule has 14 heteroatoms. The quantitative estimate of drug-likeness (QED) is 0.224. The third-order valence-electron chi connectivity index (χ3n) is 10.3. The number of fused-ring (bicyclic) bond motifs is 16. The Labute approximate surface area is 278 Å². The first kappa shape index (κ1) is 34.6. The van der Waals surface area contributed by atoms with Crippen LogP contribution in [0.2, 0.25) is 0 Å². The van der Waals surface area contributed by atoms with Crippen LogP contribution in [0.5, 0.6) is 0 Å². The number of nitrogens with zero attached hydrogens (tertiary/aromatic N) is 1. The molecule has 6 bridgehead atoms. The van der Waals surface area contributed by atoms with Crippen molar-refractivity contribution in [2.24, 2.45) is 34.8 Å². The van der Waals surface area contributed by atoms with Gasteiger partial charge in [-0.25, -0.2) is 0 Å². The molecule has 1 aromatic carbocycles. The molecule has 4 saturated carbocycles. The lowest BCUT2D eigenvalue weighted by atomic mass is 9.49. The van der Waals surface area contributed by atoms with Crippen LogP contribution < -0.4 is 27.0 Å². The molecule has 4 aliphatic carbocycles. The maximum atomic E-state index is 13.5. The van der Waals surface area contributed by atoms with Crippen LogP contribution in [-0.4, -0.2) is 64.9 Å². The molecule has 0 radical (unpaired) electrons. The van der Waals surface area contributed by atoms with Gasteiger partial charge < -0.3 is 27.0 Å². The van der Waals surface area contributed by atoms with Crippen molar-refractivity contribution in [1.82, 2.24) is 21.3 Å². The van der Waals surface area contributed by atoms with E-state index in [0.717, 1.165) is 37.1 Å². The molecule has 6 N–H and O–H groups in total. The van der Waals surface area contributed by atoms with Crippen LogP contribution in [0.15, 0.2) is 23.1 Å². The molecule has 5 amide bonds. The molecule has 7 rings (SSSR count). The first-order valence-corrected chi connectivity index (χ1v) is 17.7. The van der Waals surface area contributed by atoms with E-state index in [9.17, 15) is 34.1 Å². The van der Waals surface area contributed by atoms with Gasteiger partial charge in [0.15, 0.2) is 0 Å². The normalized spacial score (nSPS) is 31.6. The molecule has 4 fully saturated rings. The fraction of sp³-hybridized carbons (Fsp3) is 0.667. The van der Waals surface area contributed by atoms with Crippen LogP contribution in [-0.2, 0) is 19.2 Å². The van der Waals surface area contributed by atoms with Gasteiger partial charge in [-0.3, -0.25) is 34.1 Å². The fourth-order valence-corrected chi connectivity index (χ4v) is 9.51. The third-order valence-corrected chi connectivity index (χ3v) is 11.4. The fourth-order valence-electron chi connectivity index (χ4n) is 8.49. The molecule has 0 saturated heterocycles. The summed E-state index contributed by atoms with van der Waals surface area (Å²) >= 11 is 1.06. The standard InChI is InChI=1S/C33H46N6O7S/c1-18(2)28-32(44)37-23(29(34)41)5-3-4-8-35-31(43)24(17-47-26-7-6-22(30(42)38-28)12-25(26)39(45)46)36-27(40)16-33-13-19-9-20(14-33)11-21(10-19)15-33/h6-7,12,18-21,23-24,28H,3-5,8-11,13-17H2,1-2H3,(H2,34,41)(H,35,43)(H,36,40)(H,37,44)(H,38,42)/t19?,20?,21?,23-,24-,28-,33?/m1/s1. The number of amides is 5. The Balaban J connectivity index is 1.36. The highest BCUT2D eigenvalue weighted by molar-refractivity contribution is 7.99. The molecule has 256 valence electrons. The maximum Gasteiger partial charge on any atom is 0.283 e. The van der Waals surface area contributed by atoms with Gasteiger partial charge in [0.2, 0.25) is 23.6 Å². The molecule has 13 nitrogen and oxygen atoms in total. The number of nitro benzene ring substituents is 1. The zero-order chi connectivity index (χ0) is 33.9. The van der Waals surface area contributed by atoms with Crippen molar-refractivity contribution in [2.75, 3.05) is 12.3 Å². The number of thioether (sulfide) groups is 1. The number of primary amides is 1. The van der Waals surface area contributed by atoms with Crippen molar-refractivity contribution in [2.45, 2.75) is 101 Å². The van der Waals surface area contributed by atoms with E-state index in [-0.39, 0.29) is 52.1 Å². The van der Waals surface area contributed by atoms with E-state index in [1.807, 2.05) is 0 Å². The number of hydrogen-bond donors (Lipinski definition) is 5. The molecular formula is C33H46N6O7S. The second-order valence-electron chi connectivity index (χ2n) is 14.4. The van der Waals surface area contributed by atoms with Gasteiger partial charge in [0.05, 0.1) is 9.82 Å². The Morgan fingerprint density at radius 3 is 2.30 bits per heavy atom. The Hall–Kier alpha value is -3.68. The van der Waals surface area contributed by atoms with Crippen molar-refractivity contribution in [3.63, 3.8) is 0 Å². The minimum Gasteiger partial charge on any atom is -0.368 e. The Bertz CT molecular complexity index is 1380. The van der Waals surface area contributed by atoms with Gasteiger partial charge in [-0.1, -0.05) is 13.8 Å². The number of carbonyl (C=O) groups excluding carboxylic acids is 5. The van der Waals surface area contributed by atoms with Crippen molar-refractivity contribution in [1.29, 1.82) is 0 Å². The van der Waals surface area contributed by atoms with Gasteiger partial charge in [0.25, 0.3) is 11.6 Å². The van der Waals surface area contributed by atoms with E-state index >= 15 is 0 Å². The van der Waals surface area contributed by atoms with Crippen LogP contribution in [0.25, 0.3) is 0 Å². The van der Waals surface area contributed by atoms with Crippen molar-refractivity contribution >= 4 is 47.0 Å². The van der Waals surface area contributed by atoms with Crippen molar-refractivity contribution in [3.05, 3.63) is 33.9 Å². The number of nitro groups is 1. The minimum atomic E-state index is -1.03. The summed E-state index contributed by atoms with van der Waals surface area (Å²) < 4.78 is 0. The van der Waals surface area contributed by atoms with Gasteiger partial charge >= 0.3 is 0 Å². The lowest BCUT2D eigenvalue weighted by molar-refractivity contribution is -0.387. The third kappa shape index (κ3) is 8.43. The first-order chi connectivity index (χ1) is 22.3. The number of carbonyl (C=O) groups is 5. The smallest absolute Gasteiger partial charge is 0.283 e. The van der Waals surface area contributed by atoms with Crippen LogP contribution in [0, 0.1) is 39.2 Å². The Kier molecular flexibility index (Phi) is 10.8. The molecule has 47 heavy (non-hydrogen) atoms. The Morgan fingerprint density at radius 1 is 1.04 bits per heavy atom. The number of benzene rings is 1. The van der Waals surface area contributed by atoms with E-state index in [0.29, 0.717) is 37.0 Å². The van der Waals surface area contributed by atoms with E-state index in [4.69, 9.17) is 5.73 Å². The molecule has 6 aliphatic rings. The average Bonchev–Trinajstić information content (AvgIpc) is 2.99. The predicted octanol–water partition coefficient (Wildman–Crippen LogP) is 2.80. The molecule has 0 spiro atoms. The van der Waals surface area contributed by atoms with Crippen LogP contribution in [0.4, 0.5) is 5.69 Å². The summed E-state index contributed by atoms with van der Waals surface area (Å²) in [5, 5.41) is 23.1. The topological polar surface area (TPSA) is 203 Å². The Morgan fingerprint density at radius 2 is 1.70 bits per heavy atom. The average molecular weight is 671 g/mol. The van der Waals surface area contributed by atoms with E-state index in [2.05, 4.69) is 21.3 Å². The molecule has 0 unspecified atom stereocenters. The number of hydrogen-bond acceptors (Lipinski definition) is 8. The molecule has 1 aromatic rings. The van der Waals surface area contributed by atoms with Gasteiger partial charge in [0, 0.05) is 30.3 Å². The summed E-state index contributed by atoms with van der Waals surface area (Å²) in [5.74, 6) is -0.905. The van der Waals surface area contributed by atoms with Crippen molar-refractivity contribution < 1.29 is 28.9 Å². The molecule has 3 atom stereocenters. The second-order valence-corrected chi connectivity index (χ2v) is 15.5. The van der Waals surface area contributed by atoms with Gasteiger partial charge in [0.1, 0.15) is 18.1 Å². The predicted molar refractivity (Wildman–Crippen MR) is 175 cm³/mol. The maximum absolute atomic E-state index is 13.5. The number of rotatable bonds is 6. The zero-order valence-electron chi connectivity index (χ0n) is 27.0. The monoisotopic (exact) mass is 670 g/mol. The summed E-state index contributed by atoms with van der Waals surface area (Å²) in [6, 6.07) is 1.02. The van der Waals surface area contributed by atoms with Crippen LogP contribution in [0.3, 0.4) is 0 Å². The first-order valence-electron chi connectivity index (χ1n) is 16.7. The summed E-state index contributed by atoms with van der Waals surface area (Å²) in [4.78, 5) is 77.1. The summed E-state index contributed by atoms with van der Waals surface area (Å²) in [6.07, 6.45) is 8.45. The van der Waals surface area contributed by atoms with E-state index in [1.54, 1.807) is 13.8 Å². The molecule has 2 aliphatic heterocycles. The van der Waals surface area contributed by atoms with Crippen LogP contribution in [0.1, 0.15) is 88.4 Å². The molecular weight excluding hydrogens is 624 g/mol. The van der Waals surface area contributed by atoms with Gasteiger partial charge in [-0.05, 0) is 99.0 Å². The summed E-state index contributed by atoms with van der Waals surface area (Å²) in [5.41, 5.74) is 5.18. The minimum absolute atomic E-state index is 0.0210. The lowest BCUT2D eigenvalue weighted by Gasteiger charge is -2.56. The van der Waals surface area contributed by atoms with Gasteiger partial charge in [-0.2, -0.15) is 0 Å². The summed E-state index contributed by atoms with van der Waals surface area (Å²) in [6.45, 7) is 3.70. The highest BCUT2D eigenvalue weighted by Gasteiger charge is 2.51. The summed E-state index contributed by atoms with van der Waals surface area (Å²) in [7, 11) is 0. The van der Waals surface area contributed by atoms with Gasteiger partial charge in [-0.15, -0.1) is 11.8 Å². The number of nitrogens with one attached hydrogen (secondary N) is 4. The highest BCUT2D eigenvalue weighted by atomic mass is 32.2. The van der Waals surface area contributed by atoms with E-state index in [1.165, 1.54) is 31.4 Å². The zero-order valence-corrected chi connectivity index (χ0v) is 27.9. The number of nitrogens with two attached hydrogens (primary N) is 1. The van der Waals surface area contributed by atoms with Crippen molar-refractivity contribution in [3.8, 4) is 0 Å².